The SMILES string of the molecule is CNC(=O)CCN1C(=O)CS[C@@H]1c1ccc(C)cc1. The lowest BCUT2D eigenvalue weighted by Gasteiger charge is -2.24. The molecule has 102 valence electrons. The molecule has 1 fully saturated rings. The third kappa shape index (κ3) is 3.29. The van der Waals surface area contributed by atoms with Crippen LogP contribution in [0.15, 0.2) is 24.3 Å². The second kappa shape index (κ2) is 6.10. The zero-order chi connectivity index (χ0) is 13.8. The molecule has 1 aromatic carbocycles. The smallest absolute Gasteiger partial charge is 0.233 e. The normalized spacial score (nSPS) is 18.7. The van der Waals surface area contributed by atoms with Crippen molar-refractivity contribution in [2.75, 3.05) is 19.3 Å². The zero-order valence-electron chi connectivity index (χ0n) is 11.2. The summed E-state index contributed by atoms with van der Waals surface area (Å²) in [7, 11) is 1.61. The van der Waals surface area contributed by atoms with Gasteiger partial charge < -0.3 is 10.2 Å². The van der Waals surface area contributed by atoms with Crippen molar-refractivity contribution in [2.45, 2.75) is 18.7 Å². The molecule has 0 radical (unpaired) electrons. The van der Waals surface area contributed by atoms with E-state index < -0.39 is 0 Å². The van der Waals surface area contributed by atoms with E-state index in [0.29, 0.717) is 18.7 Å². The van der Waals surface area contributed by atoms with Gasteiger partial charge in [0.15, 0.2) is 0 Å². The molecule has 19 heavy (non-hydrogen) atoms. The molecule has 1 aromatic rings. The predicted molar refractivity (Wildman–Crippen MR) is 76.8 cm³/mol. The lowest BCUT2D eigenvalue weighted by molar-refractivity contribution is -0.129. The zero-order valence-corrected chi connectivity index (χ0v) is 12.0. The Morgan fingerprint density at radius 1 is 1.42 bits per heavy atom. The van der Waals surface area contributed by atoms with E-state index in [-0.39, 0.29) is 17.2 Å². The van der Waals surface area contributed by atoms with Crippen molar-refractivity contribution in [1.82, 2.24) is 10.2 Å². The maximum Gasteiger partial charge on any atom is 0.233 e. The first-order chi connectivity index (χ1) is 9.11. The number of amides is 2. The highest BCUT2D eigenvalue weighted by atomic mass is 32.2. The maximum atomic E-state index is 11.9. The number of nitrogens with one attached hydrogen (secondary N) is 1. The van der Waals surface area contributed by atoms with Crippen molar-refractivity contribution in [3.8, 4) is 0 Å². The Bertz CT molecular complexity index is 473. The van der Waals surface area contributed by atoms with Crippen molar-refractivity contribution in [3.63, 3.8) is 0 Å². The number of thioether (sulfide) groups is 1. The van der Waals surface area contributed by atoms with E-state index in [2.05, 4.69) is 29.6 Å². The maximum absolute atomic E-state index is 11.9. The molecule has 2 rings (SSSR count). The van der Waals surface area contributed by atoms with E-state index in [9.17, 15) is 9.59 Å². The third-order valence-corrected chi connectivity index (χ3v) is 4.45. The Morgan fingerprint density at radius 3 is 2.74 bits per heavy atom. The summed E-state index contributed by atoms with van der Waals surface area (Å²) in [6, 6.07) is 8.21. The van der Waals surface area contributed by atoms with Gasteiger partial charge in [-0.25, -0.2) is 0 Å². The number of rotatable bonds is 4. The standard InChI is InChI=1S/C14H18N2O2S/c1-10-3-5-11(6-4-10)14-16(13(18)9-19-14)8-7-12(17)15-2/h3-6,14H,7-9H2,1-2H3,(H,15,17)/t14-/m1/s1. The van der Waals surface area contributed by atoms with Crippen LogP contribution in [-0.2, 0) is 9.59 Å². The lowest BCUT2D eigenvalue weighted by atomic mass is 10.1. The van der Waals surface area contributed by atoms with Gasteiger partial charge in [-0.15, -0.1) is 11.8 Å². The van der Waals surface area contributed by atoms with Gasteiger partial charge in [0.25, 0.3) is 0 Å². The minimum absolute atomic E-state index is 0.0349. The topological polar surface area (TPSA) is 49.4 Å². The van der Waals surface area contributed by atoms with Crippen LogP contribution >= 0.6 is 11.8 Å². The number of nitrogens with zero attached hydrogens (tertiary/aromatic N) is 1. The van der Waals surface area contributed by atoms with Crippen LogP contribution in [0.2, 0.25) is 0 Å². The van der Waals surface area contributed by atoms with E-state index in [1.165, 1.54) is 5.56 Å². The number of carbonyl (C=O) groups is 2. The van der Waals surface area contributed by atoms with Crippen molar-refractivity contribution in [1.29, 1.82) is 0 Å². The fraction of sp³-hybridized carbons (Fsp3) is 0.429. The number of carbonyl (C=O) groups excluding carboxylic acids is 2. The van der Waals surface area contributed by atoms with Crippen LogP contribution < -0.4 is 5.32 Å². The summed E-state index contributed by atoms with van der Waals surface area (Å²) in [5.74, 6) is 0.568. The van der Waals surface area contributed by atoms with Gasteiger partial charge >= 0.3 is 0 Å². The molecular weight excluding hydrogens is 260 g/mol. The van der Waals surface area contributed by atoms with Crippen molar-refractivity contribution in [3.05, 3.63) is 35.4 Å². The van der Waals surface area contributed by atoms with Crippen LogP contribution in [0, 0.1) is 6.92 Å². The molecule has 0 unspecified atom stereocenters. The second-order valence-electron chi connectivity index (χ2n) is 4.58. The van der Waals surface area contributed by atoms with Gasteiger partial charge in [-0.1, -0.05) is 29.8 Å². The first-order valence-electron chi connectivity index (χ1n) is 6.30. The monoisotopic (exact) mass is 278 g/mol. The molecule has 1 aliphatic heterocycles. The second-order valence-corrected chi connectivity index (χ2v) is 5.65. The minimum Gasteiger partial charge on any atom is -0.359 e. The van der Waals surface area contributed by atoms with E-state index in [0.717, 1.165) is 5.56 Å². The highest BCUT2D eigenvalue weighted by molar-refractivity contribution is 8.00. The van der Waals surface area contributed by atoms with Crippen LogP contribution in [0.25, 0.3) is 0 Å². The van der Waals surface area contributed by atoms with Gasteiger partial charge in [0.05, 0.1) is 5.75 Å². The molecule has 0 aliphatic carbocycles. The number of hydrogen-bond donors (Lipinski definition) is 1. The van der Waals surface area contributed by atoms with Crippen molar-refractivity contribution >= 4 is 23.6 Å². The molecule has 1 atom stereocenters. The fourth-order valence-electron chi connectivity index (χ4n) is 2.05. The largest absolute Gasteiger partial charge is 0.359 e. The molecule has 1 saturated heterocycles. The molecule has 0 saturated carbocycles. The van der Waals surface area contributed by atoms with Gasteiger partial charge in [-0.05, 0) is 12.5 Å². The molecule has 5 heteroatoms. The Morgan fingerprint density at radius 2 is 2.11 bits per heavy atom. The molecule has 0 spiro atoms. The lowest BCUT2D eigenvalue weighted by Crippen LogP contribution is -2.32. The van der Waals surface area contributed by atoms with Gasteiger partial charge in [0.1, 0.15) is 5.37 Å². The number of benzene rings is 1. The van der Waals surface area contributed by atoms with E-state index in [4.69, 9.17) is 0 Å². The molecule has 0 bridgehead atoms. The number of hydrogen-bond acceptors (Lipinski definition) is 3. The van der Waals surface area contributed by atoms with Gasteiger partial charge in [0.2, 0.25) is 11.8 Å². The molecule has 4 nitrogen and oxygen atoms in total. The van der Waals surface area contributed by atoms with Crippen LogP contribution in [0.5, 0.6) is 0 Å². The average Bonchev–Trinajstić information content (AvgIpc) is 2.78. The summed E-state index contributed by atoms with van der Waals surface area (Å²) in [6.45, 7) is 2.52. The fourth-order valence-corrected chi connectivity index (χ4v) is 3.27. The summed E-state index contributed by atoms with van der Waals surface area (Å²) in [5, 5.41) is 2.62. The Labute approximate surface area is 117 Å². The summed E-state index contributed by atoms with van der Waals surface area (Å²) in [6.07, 6.45) is 0.352. The Hall–Kier alpha value is -1.49. The molecule has 0 aromatic heterocycles. The number of aryl methyl sites for hydroxylation is 1. The first kappa shape index (κ1) is 13.9. The molecule has 1 heterocycles. The van der Waals surface area contributed by atoms with Gasteiger partial charge in [-0.3, -0.25) is 9.59 Å². The summed E-state index contributed by atoms with van der Waals surface area (Å²) in [4.78, 5) is 25.0. The van der Waals surface area contributed by atoms with E-state index in [1.807, 2.05) is 6.92 Å². The quantitative estimate of drug-likeness (QED) is 0.912. The predicted octanol–water partition coefficient (Wildman–Crippen LogP) is 1.71. The van der Waals surface area contributed by atoms with Crippen LogP contribution in [0.3, 0.4) is 0 Å². The summed E-state index contributed by atoms with van der Waals surface area (Å²) >= 11 is 1.62. The van der Waals surface area contributed by atoms with E-state index in [1.54, 1.807) is 23.7 Å². The summed E-state index contributed by atoms with van der Waals surface area (Å²) < 4.78 is 0. The average molecular weight is 278 g/mol. The molecule has 1 aliphatic rings. The van der Waals surface area contributed by atoms with Gasteiger partial charge in [0, 0.05) is 20.0 Å². The molecular formula is C14H18N2O2S. The third-order valence-electron chi connectivity index (χ3n) is 3.19. The van der Waals surface area contributed by atoms with Crippen LogP contribution in [0.1, 0.15) is 22.9 Å². The van der Waals surface area contributed by atoms with Crippen LogP contribution in [0.4, 0.5) is 0 Å². The van der Waals surface area contributed by atoms with Crippen molar-refractivity contribution in [2.24, 2.45) is 0 Å². The minimum atomic E-state index is -0.0349. The Kier molecular flexibility index (Phi) is 4.47. The first-order valence-corrected chi connectivity index (χ1v) is 7.35. The molecule has 2 amide bonds. The molecule has 1 N–H and O–H groups in total. The van der Waals surface area contributed by atoms with Gasteiger partial charge in [-0.2, -0.15) is 0 Å². The van der Waals surface area contributed by atoms with Crippen LogP contribution in [-0.4, -0.2) is 36.1 Å². The Balaban J connectivity index is 2.08. The summed E-state index contributed by atoms with van der Waals surface area (Å²) in [5.41, 5.74) is 2.33. The van der Waals surface area contributed by atoms with E-state index >= 15 is 0 Å². The van der Waals surface area contributed by atoms with Crippen molar-refractivity contribution < 1.29 is 9.59 Å². The highest BCUT2D eigenvalue weighted by Gasteiger charge is 2.32. The highest BCUT2D eigenvalue weighted by Crippen LogP contribution is 2.38.